The van der Waals surface area contributed by atoms with Crippen LogP contribution in [-0.4, -0.2) is 46.0 Å². The average molecular weight is 460 g/mol. The molecule has 0 spiro atoms. The average Bonchev–Trinajstić information content (AvgIpc) is 3.09. The maximum absolute atomic E-state index is 12.6. The molecule has 2 aromatic rings. The van der Waals surface area contributed by atoms with Crippen molar-refractivity contribution in [2.75, 3.05) is 18.8 Å². The molecule has 2 atom stereocenters. The molecule has 2 heterocycles. The van der Waals surface area contributed by atoms with Gasteiger partial charge in [0.15, 0.2) is 5.17 Å². The van der Waals surface area contributed by atoms with Gasteiger partial charge in [0.25, 0.3) is 5.91 Å². The van der Waals surface area contributed by atoms with E-state index in [0.29, 0.717) is 23.0 Å². The van der Waals surface area contributed by atoms with Crippen molar-refractivity contribution < 1.29 is 14.7 Å². The predicted molar refractivity (Wildman–Crippen MR) is 113 cm³/mol. The van der Waals surface area contributed by atoms with E-state index in [2.05, 4.69) is 21.2 Å². The van der Waals surface area contributed by atoms with Gasteiger partial charge in [-0.2, -0.15) is 0 Å². The van der Waals surface area contributed by atoms with Crippen LogP contribution < -0.4 is 5.32 Å². The fraction of sp³-hybridized carbons (Fsp3) is 0.250. The first-order valence-corrected chi connectivity index (χ1v) is 10.6. The number of benzene rings is 2. The number of hydrogen-bond acceptors (Lipinski definition) is 4. The topological polar surface area (TPSA) is 82.0 Å². The van der Waals surface area contributed by atoms with Crippen molar-refractivity contribution in [3.63, 3.8) is 0 Å². The highest BCUT2D eigenvalue weighted by molar-refractivity contribution is 9.10. The van der Waals surface area contributed by atoms with Crippen molar-refractivity contribution in [2.24, 2.45) is 10.9 Å². The lowest BCUT2D eigenvalue weighted by Crippen LogP contribution is -2.42. The lowest BCUT2D eigenvalue weighted by molar-refractivity contribution is 0.0977. The Morgan fingerprint density at radius 3 is 2.71 bits per heavy atom. The van der Waals surface area contributed by atoms with E-state index in [-0.39, 0.29) is 18.4 Å². The van der Waals surface area contributed by atoms with Gasteiger partial charge in [-0.1, -0.05) is 58.0 Å². The second-order valence-corrected chi connectivity index (χ2v) is 8.77. The SMILES string of the molecule is O=C(NC1=NC2(c3cccc(Br)c3)CN(C(=O)O)C[C@H]2CS1)c1ccccc1. The zero-order chi connectivity index (χ0) is 19.7. The second-order valence-electron chi connectivity index (χ2n) is 6.84. The minimum Gasteiger partial charge on any atom is -0.465 e. The highest BCUT2D eigenvalue weighted by Crippen LogP contribution is 2.46. The molecule has 28 heavy (non-hydrogen) atoms. The summed E-state index contributed by atoms with van der Waals surface area (Å²) in [5.74, 6) is 0.507. The molecule has 0 aromatic heterocycles. The van der Waals surface area contributed by atoms with Crippen molar-refractivity contribution in [2.45, 2.75) is 5.54 Å². The van der Waals surface area contributed by atoms with Crippen LogP contribution in [0.15, 0.2) is 64.1 Å². The third-order valence-corrected chi connectivity index (χ3v) is 6.65. The Hall–Kier alpha value is -2.32. The summed E-state index contributed by atoms with van der Waals surface area (Å²) in [6, 6.07) is 16.8. The number of hydrogen-bond donors (Lipinski definition) is 2. The number of carbonyl (C=O) groups excluding carboxylic acids is 1. The van der Waals surface area contributed by atoms with Crippen LogP contribution in [0.4, 0.5) is 4.79 Å². The van der Waals surface area contributed by atoms with Crippen LogP contribution in [-0.2, 0) is 5.54 Å². The number of likely N-dealkylation sites (tertiary alicyclic amines) is 1. The number of nitrogens with zero attached hydrogens (tertiary/aromatic N) is 2. The molecule has 1 saturated heterocycles. The minimum atomic E-state index is -0.946. The van der Waals surface area contributed by atoms with Crippen LogP contribution in [0.5, 0.6) is 0 Å². The van der Waals surface area contributed by atoms with Crippen LogP contribution in [0.2, 0.25) is 0 Å². The normalized spacial score (nSPS) is 23.7. The Labute approximate surface area is 175 Å². The van der Waals surface area contributed by atoms with Gasteiger partial charge < -0.3 is 15.3 Å². The number of thioether (sulfide) groups is 1. The Balaban J connectivity index is 1.70. The fourth-order valence-electron chi connectivity index (χ4n) is 3.73. The molecule has 0 saturated carbocycles. The van der Waals surface area contributed by atoms with Gasteiger partial charge in [-0.3, -0.25) is 4.79 Å². The molecule has 2 amide bonds. The monoisotopic (exact) mass is 459 g/mol. The van der Waals surface area contributed by atoms with Crippen molar-refractivity contribution in [3.8, 4) is 0 Å². The van der Waals surface area contributed by atoms with Crippen molar-refractivity contribution in [3.05, 3.63) is 70.2 Å². The number of aliphatic imine (C=N–C) groups is 1. The molecule has 0 radical (unpaired) electrons. The van der Waals surface area contributed by atoms with Gasteiger partial charge in [-0.25, -0.2) is 9.79 Å². The highest BCUT2D eigenvalue weighted by atomic mass is 79.9. The smallest absolute Gasteiger partial charge is 0.407 e. The standard InChI is InChI=1S/C20H18BrN3O3S/c21-16-8-4-7-14(9-16)20-12-24(19(26)27)10-15(20)11-28-18(23-20)22-17(25)13-5-2-1-3-6-13/h1-9,15H,10-12H2,(H,26,27)(H,22,23,25)/t15-,20?/m0/s1. The predicted octanol–water partition coefficient (Wildman–Crippen LogP) is 3.79. The Morgan fingerprint density at radius 1 is 1.21 bits per heavy atom. The van der Waals surface area contributed by atoms with Gasteiger partial charge in [0, 0.05) is 28.3 Å². The third-order valence-electron chi connectivity index (χ3n) is 5.12. The van der Waals surface area contributed by atoms with E-state index in [4.69, 9.17) is 4.99 Å². The van der Waals surface area contributed by atoms with E-state index in [9.17, 15) is 14.7 Å². The zero-order valence-electron chi connectivity index (χ0n) is 14.8. The number of amides is 2. The number of fused-ring (bicyclic) bond motifs is 1. The number of carbonyl (C=O) groups is 2. The van der Waals surface area contributed by atoms with Crippen molar-refractivity contribution >= 4 is 44.9 Å². The van der Waals surface area contributed by atoms with Gasteiger partial charge in [0.2, 0.25) is 0 Å². The molecule has 0 aliphatic carbocycles. The summed E-state index contributed by atoms with van der Waals surface area (Å²) >= 11 is 4.96. The molecular formula is C20H18BrN3O3S. The first kappa shape index (κ1) is 19.0. The maximum Gasteiger partial charge on any atom is 0.407 e. The molecule has 0 bridgehead atoms. The Kier molecular flexibility index (Phi) is 5.16. The summed E-state index contributed by atoms with van der Waals surface area (Å²) < 4.78 is 0.912. The summed E-state index contributed by atoms with van der Waals surface area (Å²) in [5.41, 5.74) is 0.803. The molecule has 2 aliphatic rings. The summed E-state index contributed by atoms with van der Waals surface area (Å²) in [6.45, 7) is 0.701. The second kappa shape index (κ2) is 7.60. The number of rotatable bonds is 2. The van der Waals surface area contributed by atoms with E-state index in [0.717, 1.165) is 10.0 Å². The lowest BCUT2D eigenvalue weighted by atomic mass is 9.82. The first-order chi connectivity index (χ1) is 13.5. The van der Waals surface area contributed by atoms with E-state index in [1.807, 2.05) is 42.5 Å². The van der Waals surface area contributed by atoms with Crippen LogP contribution in [0, 0.1) is 5.92 Å². The molecule has 2 aliphatic heterocycles. The van der Waals surface area contributed by atoms with E-state index < -0.39 is 11.6 Å². The van der Waals surface area contributed by atoms with Gasteiger partial charge in [0.1, 0.15) is 5.54 Å². The van der Waals surface area contributed by atoms with E-state index >= 15 is 0 Å². The molecule has 4 rings (SSSR count). The summed E-state index contributed by atoms with van der Waals surface area (Å²) in [7, 11) is 0. The molecule has 2 N–H and O–H groups in total. The van der Waals surface area contributed by atoms with Gasteiger partial charge in [-0.15, -0.1) is 0 Å². The largest absolute Gasteiger partial charge is 0.465 e. The van der Waals surface area contributed by atoms with Gasteiger partial charge in [-0.05, 0) is 29.8 Å². The first-order valence-electron chi connectivity index (χ1n) is 8.81. The minimum absolute atomic E-state index is 0.0419. The molecule has 6 nitrogen and oxygen atoms in total. The Bertz CT molecular complexity index is 953. The molecule has 1 unspecified atom stereocenters. The van der Waals surface area contributed by atoms with Crippen molar-refractivity contribution in [1.29, 1.82) is 0 Å². The van der Waals surface area contributed by atoms with Gasteiger partial charge >= 0.3 is 6.09 Å². The third kappa shape index (κ3) is 3.54. The molecular weight excluding hydrogens is 442 g/mol. The maximum atomic E-state index is 12.6. The fourth-order valence-corrected chi connectivity index (χ4v) is 5.26. The van der Waals surface area contributed by atoms with Gasteiger partial charge in [0.05, 0.1) is 6.54 Å². The molecule has 8 heteroatoms. The zero-order valence-corrected chi connectivity index (χ0v) is 17.2. The van der Waals surface area contributed by atoms with Crippen LogP contribution >= 0.6 is 27.7 Å². The number of carboxylic acid groups (broad SMARTS) is 1. The van der Waals surface area contributed by atoms with Crippen molar-refractivity contribution in [1.82, 2.24) is 10.2 Å². The molecule has 2 aromatic carbocycles. The van der Waals surface area contributed by atoms with E-state index in [1.54, 1.807) is 12.1 Å². The van der Waals surface area contributed by atoms with E-state index in [1.165, 1.54) is 16.7 Å². The highest BCUT2D eigenvalue weighted by Gasteiger charge is 2.51. The van der Waals surface area contributed by atoms with Crippen LogP contribution in [0.25, 0.3) is 0 Å². The molecule has 1 fully saturated rings. The lowest BCUT2D eigenvalue weighted by Gasteiger charge is -2.35. The Morgan fingerprint density at radius 2 is 2.00 bits per heavy atom. The number of amidine groups is 1. The quantitative estimate of drug-likeness (QED) is 0.715. The summed E-state index contributed by atoms with van der Waals surface area (Å²) in [6.07, 6.45) is -0.946. The summed E-state index contributed by atoms with van der Waals surface area (Å²) in [5, 5.41) is 13.0. The van der Waals surface area contributed by atoms with Crippen LogP contribution in [0.3, 0.4) is 0 Å². The molecule has 144 valence electrons. The number of halogens is 1. The number of nitrogens with one attached hydrogen (secondary N) is 1. The summed E-state index contributed by atoms with van der Waals surface area (Å²) in [4.78, 5) is 30.5. The van der Waals surface area contributed by atoms with Crippen LogP contribution in [0.1, 0.15) is 15.9 Å².